The van der Waals surface area contributed by atoms with E-state index in [0.29, 0.717) is 12.1 Å². The van der Waals surface area contributed by atoms with Crippen LogP contribution in [-0.2, 0) is 17.6 Å². The van der Waals surface area contributed by atoms with Crippen molar-refractivity contribution in [2.24, 2.45) is 0 Å². The highest BCUT2D eigenvalue weighted by molar-refractivity contribution is 5.50. The summed E-state index contributed by atoms with van der Waals surface area (Å²) in [6.45, 7) is 0. The summed E-state index contributed by atoms with van der Waals surface area (Å²) >= 11 is 0. The number of fused-ring (bicyclic) bond motifs is 1. The summed E-state index contributed by atoms with van der Waals surface area (Å²) in [5, 5.41) is 3.70. The summed E-state index contributed by atoms with van der Waals surface area (Å²) in [6.07, 6.45) is 9.21. The molecule has 2 heteroatoms. The van der Waals surface area contributed by atoms with E-state index in [0.717, 1.165) is 0 Å². The molecule has 0 spiro atoms. The molecule has 0 atom stereocenters. The predicted molar refractivity (Wildman–Crippen MR) is 75.1 cm³/mol. The van der Waals surface area contributed by atoms with Crippen LogP contribution in [0.5, 0.6) is 0 Å². The number of ether oxygens (including phenoxy) is 1. The number of anilines is 1. The predicted octanol–water partition coefficient (Wildman–Crippen LogP) is 3.54. The van der Waals surface area contributed by atoms with Crippen LogP contribution in [0.15, 0.2) is 18.2 Å². The third kappa shape index (κ3) is 2.54. The Morgan fingerprint density at radius 2 is 1.83 bits per heavy atom. The highest BCUT2D eigenvalue weighted by Crippen LogP contribution is 2.28. The van der Waals surface area contributed by atoms with E-state index in [2.05, 4.69) is 23.5 Å². The van der Waals surface area contributed by atoms with Gasteiger partial charge in [-0.15, -0.1) is 0 Å². The molecule has 0 bridgehead atoms. The number of nitrogens with one attached hydrogen (secondary N) is 1. The van der Waals surface area contributed by atoms with Crippen LogP contribution in [0.4, 0.5) is 5.69 Å². The van der Waals surface area contributed by atoms with Crippen molar-refractivity contribution < 1.29 is 4.74 Å². The maximum Gasteiger partial charge on any atom is 0.0572 e. The Morgan fingerprint density at radius 3 is 2.61 bits per heavy atom. The summed E-state index contributed by atoms with van der Waals surface area (Å²) in [6, 6.07) is 7.57. The van der Waals surface area contributed by atoms with E-state index in [1.54, 1.807) is 11.1 Å². The molecule has 0 amide bonds. The number of hydrogen-bond acceptors (Lipinski definition) is 2. The Bertz CT molecular complexity index is 408. The highest BCUT2D eigenvalue weighted by atomic mass is 16.5. The van der Waals surface area contributed by atoms with E-state index in [4.69, 9.17) is 4.74 Å². The summed E-state index contributed by atoms with van der Waals surface area (Å²) < 4.78 is 5.42. The Labute approximate surface area is 110 Å². The van der Waals surface area contributed by atoms with Crippen molar-refractivity contribution in [3.05, 3.63) is 29.3 Å². The Kier molecular flexibility index (Phi) is 3.55. The molecule has 0 aliphatic heterocycles. The molecule has 98 valence electrons. The molecule has 1 N–H and O–H groups in total. The lowest BCUT2D eigenvalue weighted by atomic mass is 9.92. The van der Waals surface area contributed by atoms with Gasteiger partial charge in [0.1, 0.15) is 0 Å². The lowest BCUT2D eigenvalue weighted by molar-refractivity contribution is 0.0682. The molecule has 0 radical (unpaired) electrons. The second kappa shape index (κ2) is 5.31. The second-order valence-corrected chi connectivity index (χ2v) is 5.69. The van der Waals surface area contributed by atoms with Gasteiger partial charge in [0, 0.05) is 18.8 Å². The molecule has 1 aromatic rings. The van der Waals surface area contributed by atoms with E-state index < -0.39 is 0 Å². The first-order valence-corrected chi connectivity index (χ1v) is 7.26. The normalized spacial score (nSPS) is 26.9. The third-order valence-electron chi connectivity index (χ3n) is 4.48. The zero-order chi connectivity index (χ0) is 12.4. The summed E-state index contributed by atoms with van der Waals surface area (Å²) in [5.74, 6) is 0. The first-order valence-electron chi connectivity index (χ1n) is 7.26. The van der Waals surface area contributed by atoms with Crippen molar-refractivity contribution >= 4 is 5.69 Å². The lowest BCUT2D eigenvalue weighted by Crippen LogP contribution is -2.29. The molecule has 2 nitrogen and oxygen atoms in total. The monoisotopic (exact) mass is 245 g/mol. The van der Waals surface area contributed by atoms with Gasteiger partial charge in [0.15, 0.2) is 0 Å². The van der Waals surface area contributed by atoms with Crippen LogP contribution in [0.25, 0.3) is 0 Å². The molecule has 3 rings (SSSR count). The first-order chi connectivity index (χ1) is 8.85. The molecule has 1 aromatic carbocycles. The van der Waals surface area contributed by atoms with Gasteiger partial charge in [-0.05, 0) is 68.2 Å². The zero-order valence-corrected chi connectivity index (χ0v) is 11.2. The van der Waals surface area contributed by atoms with Crippen LogP contribution >= 0.6 is 0 Å². The zero-order valence-electron chi connectivity index (χ0n) is 11.2. The average molecular weight is 245 g/mol. The van der Waals surface area contributed by atoms with Gasteiger partial charge in [0.2, 0.25) is 0 Å². The quantitative estimate of drug-likeness (QED) is 0.879. The minimum atomic E-state index is 0.489. The highest BCUT2D eigenvalue weighted by Gasteiger charge is 2.21. The molecular formula is C16H23NO. The van der Waals surface area contributed by atoms with Crippen molar-refractivity contribution in [2.75, 3.05) is 12.4 Å². The first kappa shape index (κ1) is 12.0. The molecule has 2 aliphatic rings. The number of aryl methyl sites for hydroxylation is 2. The lowest BCUT2D eigenvalue weighted by Gasteiger charge is -2.29. The fourth-order valence-electron chi connectivity index (χ4n) is 3.34. The van der Waals surface area contributed by atoms with Crippen LogP contribution in [-0.4, -0.2) is 19.3 Å². The van der Waals surface area contributed by atoms with Crippen molar-refractivity contribution in [3.8, 4) is 0 Å². The minimum Gasteiger partial charge on any atom is -0.382 e. The molecule has 1 saturated carbocycles. The van der Waals surface area contributed by atoms with Crippen LogP contribution in [0.2, 0.25) is 0 Å². The summed E-state index contributed by atoms with van der Waals surface area (Å²) in [7, 11) is 1.83. The van der Waals surface area contributed by atoms with Crippen molar-refractivity contribution in [1.82, 2.24) is 0 Å². The van der Waals surface area contributed by atoms with Gasteiger partial charge < -0.3 is 10.1 Å². The summed E-state index contributed by atoms with van der Waals surface area (Å²) in [5.41, 5.74) is 4.44. The molecule has 2 aliphatic carbocycles. The second-order valence-electron chi connectivity index (χ2n) is 5.69. The number of benzene rings is 1. The van der Waals surface area contributed by atoms with Crippen molar-refractivity contribution in [1.29, 1.82) is 0 Å². The van der Waals surface area contributed by atoms with Gasteiger partial charge in [-0.3, -0.25) is 0 Å². The van der Waals surface area contributed by atoms with Gasteiger partial charge in [0.25, 0.3) is 0 Å². The van der Waals surface area contributed by atoms with E-state index in [-0.39, 0.29) is 0 Å². The SMILES string of the molecule is COC1CCC(Nc2ccc3c(c2)CCC3)CC1. The Hall–Kier alpha value is -1.02. The molecule has 0 saturated heterocycles. The van der Waals surface area contributed by atoms with E-state index >= 15 is 0 Å². The fourth-order valence-corrected chi connectivity index (χ4v) is 3.34. The number of rotatable bonds is 3. The molecule has 18 heavy (non-hydrogen) atoms. The van der Waals surface area contributed by atoms with Gasteiger partial charge in [-0.1, -0.05) is 6.07 Å². The fraction of sp³-hybridized carbons (Fsp3) is 0.625. The topological polar surface area (TPSA) is 21.3 Å². The maximum absolute atomic E-state index is 5.42. The number of hydrogen-bond donors (Lipinski definition) is 1. The van der Waals surface area contributed by atoms with Crippen LogP contribution < -0.4 is 5.32 Å². The van der Waals surface area contributed by atoms with Crippen LogP contribution in [0.1, 0.15) is 43.2 Å². The smallest absolute Gasteiger partial charge is 0.0572 e. The van der Waals surface area contributed by atoms with Crippen molar-refractivity contribution in [2.45, 2.75) is 57.1 Å². The van der Waals surface area contributed by atoms with Crippen LogP contribution in [0.3, 0.4) is 0 Å². The maximum atomic E-state index is 5.42. The standard InChI is InChI=1S/C16H23NO/c1-18-16-9-7-14(8-10-16)17-15-6-5-12-3-2-4-13(12)11-15/h5-6,11,14,16-17H,2-4,7-10H2,1H3. The van der Waals surface area contributed by atoms with Crippen LogP contribution in [0, 0.1) is 0 Å². The Balaban J connectivity index is 1.60. The third-order valence-corrected chi connectivity index (χ3v) is 4.48. The molecule has 0 heterocycles. The van der Waals surface area contributed by atoms with Gasteiger partial charge in [-0.2, -0.15) is 0 Å². The molecule has 1 fully saturated rings. The van der Waals surface area contributed by atoms with Gasteiger partial charge in [-0.25, -0.2) is 0 Å². The van der Waals surface area contributed by atoms with E-state index in [9.17, 15) is 0 Å². The van der Waals surface area contributed by atoms with Crippen molar-refractivity contribution in [3.63, 3.8) is 0 Å². The summed E-state index contributed by atoms with van der Waals surface area (Å²) in [4.78, 5) is 0. The van der Waals surface area contributed by atoms with E-state index in [1.165, 1.54) is 50.6 Å². The number of methoxy groups -OCH3 is 1. The molecule has 0 unspecified atom stereocenters. The largest absolute Gasteiger partial charge is 0.382 e. The Morgan fingerprint density at radius 1 is 1.06 bits per heavy atom. The van der Waals surface area contributed by atoms with E-state index in [1.807, 2.05) is 7.11 Å². The van der Waals surface area contributed by atoms with Gasteiger partial charge >= 0.3 is 0 Å². The minimum absolute atomic E-state index is 0.489. The molecular weight excluding hydrogens is 222 g/mol. The molecule has 0 aromatic heterocycles. The average Bonchev–Trinajstić information content (AvgIpc) is 2.87. The van der Waals surface area contributed by atoms with Gasteiger partial charge in [0.05, 0.1) is 6.10 Å².